The minimum atomic E-state index is -1.97. The maximum atomic E-state index is 14.5. The first kappa shape index (κ1) is 86.3. The van der Waals surface area contributed by atoms with E-state index in [1.807, 2.05) is 0 Å². The topological polar surface area (TPSA) is 631 Å². The van der Waals surface area contributed by atoms with Crippen molar-refractivity contribution in [3.05, 3.63) is 48.0 Å². The molecule has 107 heavy (non-hydrogen) atoms. The number of hydrogen-bond donors (Lipinski definition) is 18. The molecule has 3 aliphatic rings. The number of nitrogens with two attached hydrogens (primary N) is 4. The van der Waals surface area contributed by atoms with Crippen LogP contribution in [0.1, 0.15) is 136 Å². The van der Waals surface area contributed by atoms with Crippen LogP contribution in [0.25, 0.3) is 0 Å². The Bertz CT molecular complexity index is 3600. The molecular weight excluding hydrogens is 1410 g/mol. The number of imidazole rings is 1. The van der Waals surface area contributed by atoms with Crippen LogP contribution >= 0.6 is 0 Å². The summed E-state index contributed by atoms with van der Waals surface area (Å²) in [4.78, 5) is 251. The van der Waals surface area contributed by atoms with Crippen molar-refractivity contribution < 1.29 is 102 Å². The first-order valence-corrected chi connectivity index (χ1v) is 35.1. The van der Waals surface area contributed by atoms with Crippen LogP contribution in [0, 0.1) is 11.8 Å². The largest absolute Gasteiger partial charge is 0.508 e. The lowest BCUT2D eigenvalue weighted by Crippen LogP contribution is -2.60. The van der Waals surface area contributed by atoms with Gasteiger partial charge in [-0.3, -0.25) is 81.5 Å². The van der Waals surface area contributed by atoms with Gasteiger partial charge in [-0.25, -0.2) is 9.78 Å². The standard InChI is InChI=1S/C67H99N19O21/c1-7-33(4)54(67(106)107)83-62(101)41(23-32(2)3)80-58(97)40(18-19-49(69)88)77-60(99)44(27-51(71)90)78-55(94)34(5)75-52(91)30-73-57(96)43(25-37-29-72-31-74-37)81-61(100)45(28-53(92)93)79-56(95)35(6)76-59(98)42(24-36-14-16-38(87)17-15-36)82-63(102)46-11-8-20-84(46)65(104)48-13-10-22-86(48)66(105)47-12-9-21-85(47)64(103)39(68)26-50(70)89/h14-17,29,31-35,39-48,54,87H,7-13,18-28,30,68H2,1-6H3,(H2,69,88)(H2,70,89)(H2,71,90)(H,72,74)(H,73,96)(H,75,91)(H,76,98)(H,77,99)(H,78,94)(H,79,95)(H,80,97)(H,81,100)(H,82,102)(H,83,101)(H,92,93)(H,106,107)/t33-,34-,35-,39-,40-,41-,42-,43-,44-,45-,46-,47-,48-,54-/m0/s1. The maximum absolute atomic E-state index is 14.5. The summed E-state index contributed by atoms with van der Waals surface area (Å²) in [5, 5.41) is 53.5. The summed E-state index contributed by atoms with van der Waals surface area (Å²) in [6.07, 6.45) is 0.669. The zero-order valence-corrected chi connectivity index (χ0v) is 60.3. The Labute approximate surface area is 614 Å². The van der Waals surface area contributed by atoms with Crippen molar-refractivity contribution in [3.8, 4) is 5.75 Å². The minimum Gasteiger partial charge on any atom is -0.508 e. The maximum Gasteiger partial charge on any atom is 0.326 e. The molecule has 5 rings (SSSR count). The second-order valence-corrected chi connectivity index (χ2v) is 27.2. The van der Waals surface area contributed by atoms with Gasteiger partial charge in [-0.05, 0) is 94.7 Å². The first-order valence-electron chi connectivity index (χ1n) is 35.1. The molecule has 0 saturated carbocycles. The molecule has 0 unspecified atom stereocenters. The average Bonchev–Trinajstić information content (AvgIpc) is 1.65. The van der Waals surface area contributed by atoms with E-state index >= 15 is 0 Å². The van der Waals surface area contributed by atoms with E-state index in [1.54, 1.807) is 27.7 Å². The van der Waals surface area contributed by atoms with E-state index in [4.69, 9.17) is 22.9 Å². The second kappa shape index (κ2) is 40.8. The molecule has 0 radical (unpaired) electrons. The van der Waals surface area contributed by atoms with Gasteiger partial charge in [0.1, 0.15) is 78.3 Å². The number of rotatable bonds is 41. The van der Waals surface area contributed by atoms with Gasteiger partial charge in [0.05, 0.1) is 38.2 Å². The summed E-state index contributed by atoms with van der Waals surface area (Å²) in [5.41, 5.74) is 22.6. The highest BCUT2D eigenvalue weighted by Crippen LogP contribution is 2.29. The van der Waals surface area contributed by atoms with Crippen LogP contribution in [0.15, 0.2) is 36.8 Å². The number of phenols is 1. The number of nitrogens with one attached hydrogen (secondary N) is 11. The zero-order chi connectivity index (χ0) is 79.7. The van der Waals surface area contributed by atoms with Crippen molar-refractivity contribution >= 4 is 106 Å². The predicted molar refractivity (Wildman–Crippen MR) is 373 cm³/mol. The number of aromatic nitrogens is 2. The van der Waals surface area contributed by atoms with Gasteiger partial charge in [0.25, 0.3) is 0 Å². The highest BCUT2D eigenvalue weighted by atomic mass is 16.4. The fraction of sp³-hybridized carbons (Fsp3) is 0.597. The zero-order valence-electron chi connectivity index (χ0n) is 60.3. The number of amides is 16. The molecule has 1 aromatic heterocycles. The number of phenolic OH excluding ortho intramolecular Hbond substituents is 1. The van der Waals surface area contributed by atoms with E-state index in [-0.39, 0.29) is 69.1 Å². The van der Waals surface area contributed by atoms with Crippen LogP contribution in [-0.4, -0.2) is 251 Å². The molecule has 3 fully saturated rings. The Morgan fingerprint density at radius 2 is 1.03 bits per heavy atom. The summed E-state index contributed by atoms with van der Waals surface area (Å²) < 4.78 is 0. The lowest BCUT2D eigenvalue weighted by molar-refractivity contribution is -0.151. The highest BCUT2D eigenvalue weighted by molar-refractivity contribution is 6.01. The van der Waals surface area contributed by atoms with E-state index in [1.165, 1.54) is 58.4 Å². The summed E-state index contributed by atoms with van der Waals surface area (Å²) in [6, 6.07) is -13.4. The van der Waals surface area contributed by atoms with Gasteiger partial charge < -0.3 is 111 Å². The molecule has 3 saturated heterocycles. The van der Waals surface area contributed by atoms with Gasteiger partial charge in [-0.2, -0.15) is 0 Å². The van der Waals surface area contributed by atoms with E-state index in [0.29, 0.717) is 31.2 Å². The molecule has 588 valence electrons. The number of carboxylic acid groups (broad SMARTS) is 2. The number of nitrogens with zero attached hydrogens (tertiary/aromatic N) is 4. The van der Waals surface area contributed by atoms with Crippen LogP contribution in [0.3, 0.4) is 0 Å². The smallest absolute Gasteiger partial charge is 0.326 e. The third-order valence-electron chi connectivity index (χ3n) is 18.3. The second-order valence-electron chi connectivity index (χ2n) is 27.2. The normalized spacial score (nSPS) is 18.5. The Balaban J connectivity index is 1.23. The molecule has 0 aliphatic carbocycles. The van der Waals surface area contributed by atoms with Crippen molar-refractivity contribution in [1.29, 1.82) is 0 Å². The van der Waals surface area contributed by atoms with Gasteiger partial charge in [-0.15, -0.1) is 0 Å². The van der Waals surface area contributed by atoms with Crippen molar-refractivity contribution in [2.24, 2.45) is 34.8 Å². The molecule has 3 aliphatic heterocycles. The van der Waals surface area contributed by atoms with Crippen LogP contribution in [0.2, 0.25) is 0 Å². The monoisotopic (exact) mass is 1510 g/mol. The quantitative estimate of drug-likeness (QED) is 0.0294. The third kappa shape index (κ3) is 26.3. The van der Waals surface area contributed by atoms with Gasteiger partial charge in [0.2, 0.25) is 94.5 Å². The number of carbonyl (C=O) groups excluding carboxylic acids is 16. The molecule has 2 aromatic rings. The van der Waals surface area contributed by atoms with Gasteiger partial charge in [0.15, 0.2) is 0 Å². The van der Waals surface area contributed by atoms with Crippen LogP contribution in [0.4, 0.5) is 0 Å². The Hall–Kier alpha value is -11.3. The number of carbonyl (C=O) groups is 18. The molecule has 40 nitrogen and oxygen atoms in total. The number of primary amides is 3. The molecule has 22 N–H and O–H groups in total. The number of aromatic hydroxyl groups is 1. The van der Waals surface area contributed by atoms with Gasteiger partial charge >= 0.3 is 11.9 Å². The number of likely N-dealkylation sites (tertiary alicyclic amines) is 3. The Morgan fingerprint density at radius 1 is 0.542 bits per heavy atom. The van der Waals surface area contributed by atoms with Gasteiger partial charge in [0, 0.05) is 50.8 Å². The number of hydrogen-bond acceptors (Lipinski definition) is 21. The van der Waals surface area contributed by atoms with E-state index < -0.39 is 236 Å². The van der Waals surface area contributed by atoms with Crippen LogP contribution < -0.4 is 76.1 Å². The van der Waals surface area contributed by atoms with Crippen molar-refractivity contribution in [1.82, 2.24) is 77.8 Å². The molecule has 0 bridgehead atoms. The fourth-order valence-electron chi connectivity index (χ4n) is 12.4. The van der Waals surface area contributed by atoms with Crippen LogP contribution in [-0.2, 0) is 99.1 Å². The predicted octanol–water partition coefficient (Wildman–Crippen LogP) is -6.61. The lowest BCUT2D eigenvalue weighted by Gasteiger charge is -2.34. The molecule has 4 heterocycles. The summed E-state index contributed by atoms with van der Waals surface area (Å²) in [6.45, 7) is 8.58. The van der Waals surface area contributed by atoms with Crippen molar-refractivity contribution in [2.75, 3.05) is 26.2 Å². The van der Waals surface area contributed by atoms with E-state index in [9.17, 15) is 102 Å². The molecule has 16 amide bonds. The molecule has 14 atom stereocenters. The van der Waals surface area contributed by atoms with E-state index in [0.717, 1.165) is 6.92 Å². The number of aromatic amines is 1. The minimum absolute atomic E-state index is 0.0125. The highest BCUT2D eigenvalue weighted by Gasteiger charge is 2.47. The van der Waals surface area contributed by atoms with Crippen molar-refractivity contribution in [2.45, 2.75) is 216 Å². The lowest BCUT2D eigenvalue weighted by atomic mass is 9.97. The fourth-order valence-corrected chi connectivity index (χ4v) is 12.4. The first-order chi connectivity index (χ1) is 50.4. The van der Waals surface area contributed by atoms with Crippen LogP contribution in [0.5, 0.6) is 5.75 Å². The molecule has 0 spiro atoms. The SMILES string of the molecule is CC[C@H](C)[C@H](NC(=O)[C@H](CC(C)C)NC(=O)[C@H](CCC(N)=O)NC(=O)[C@H](CC(N)=O)NC(=O)[C@H](C)NC(=O)CNC(=O)[C@H](Cc1cnc[nH]1)NC(=O)[C@H](CC(=O)O)NC(=O)[C@H](C)NC(=O)[C@H](Cc1ccc(O)cc1)NC(=O)[C@@H]1CCCN1C(=O)[C@@H]1CCCN1C(=O)[C@@H]1CCCN1C(=O)[C@@H](N)CC(N)=O)C(=O)O. The number of H-pyrrole nitrogens is 1. The number of aliphatic carboxylic acids is 2. The summed E-state index contributed by atoms with van der Waals surface area (Å²) >= 11 is 0. The summed E-state index contributed by atoms with van der Waals surface area (Å²) in [7, 11) is 0. The van der Waals surface area contributed by atoms with Crippen molar-refractivity contribution in [3.63, 3.8) is 0 Å². The summed E-state index contributed by atoms with van der Waals surface area (Å²) in [5.74, 6) is -18.9. The average molecular weight is 1510 g/mol. The third-order valence-corrected chi connectivity index (χ3v) is 18.3. The van der Waals surface area contributed by atoms with E-state index in [2.05, 4.69) is 63.1 Å². The Morgan fingerprint density at radius 3 is 1.56 bits per heavy atom. The molecule has 1 aromatic carbocycles. The number of carboxylic acids is 2. The van der Waals surface area contributed by atoms with Gasteiger partial charge in [-0.1, -0.05) is 46.2 Å². The molecular formula is C67H99N19O21. The molecule has 40 heteroatoms. The number of benzene rings is 1. The Kier molecular flexibility index (Phi) is 32.9.